The first kappa shape index (κ1) is 18.0. The van der Waals surface area contributed by atoms with Crippen LogP contribution < -0.4 is 10.7 Å². The average molecular weight is 362 g/mol. The third-order valence-electron chi connectivity index (χ3n) is 3.84. The van der Waals surface area contributed by atoms with E-state index in [2.05, 4.69) is 25.9 Å². The van der Waals surface area contributed by atoms with Gasteiger partial charge in [0.2, 0.25) is 0 Å². The third kappa shape index (κ3) is 4.43. The molecule has 1 aromatic carbocycles. The van der Waals surface area contributed by atoms with E-state index in [1.54, 1.807) is 62.8 Å². The molecule has 3 rings (SSSR count). The lowest BCUT2D eigenvalue weighted by atomic mass is 10.1. The van der Waals surface area contributed by atoms with Crippen molar-refractivity contribution in [3.05, 3.63) is 77.9 Å². The number of aryl methyl sites for hydroxylation is 1. The summed E-state index contributed by atoms with van der Waals surface area (Å²) in [5.74, 6) is -0.620. The van der Waals surface area contributed by atoms with Gasteiger partial charge in [-0.25, -0.2) is 5.43 Å². The molecule has 136 valence electrons. The van der Waals surface area contributed by atoms with Crippen molar-refractivity contribution in [2.75, 3.05) is 5.32 Å². The number of nitrogens with zero attached hydrogens (tertiary/aromatic N) is 4. The van der Waals surface area contributed by atoms with Gasteiger partial charge >= 0.3 is 0 Å². The van der Waals surface area contributed by atoms with Crippen LogP contribution in [0.5, 0.6) is 0 Å². The summed E-state index contributed by atoms with van der Waals surface area (Å²) in [6, 6.07) is 13.9. The molecule has 0 bridgehead atoms. The van der Waals surface area contributed by atoms with Gasteiger partial charge in [0.1, 0.15) is 11.4 Å². The van der Waals surface area contributed by atoms with E-state index in [1.165, 1.54) is 4.68 Å². The SMILES string of the molecule is C/C(=N\NC(=O)c1ccccn1)c1ccc(NC(=O)c2ccnn2C)cc1. The van der Waals surface area contributed by atoms with Crippen LogP contribution >= 0.6 is 0 Å². The molecule has 0 aliphatic carbocycles. The molecule has 2 aromatic heterocycles. The maximum Gasteiger partial charge on any atom is 0.289 e. The smallest absolute Gasteiger partial charge is 0.289 e. The predicted molar refractivity (Wildman–Crippen MR) is 102 cm³/mol. The van der Waals surface area contributed by atoms with Gasteiger partial charge in [-0.2, -0.15) is 10.2 Å². The lowest BCUT2D eigenvalue weighted by molar-refractivity contribution is 0.0949. The minimum absolute atomic E-state index is 0.240. The molecule has 0 unspecified atom stereocenters. The Hall–Kier alpha value is -3.81. The molecular formula is C19H18N6O2. The second-order valence-electron chi connectivity index (χ2n) is 5.72. The van der Waals surface area contributed by atoms with E-state index >= 15 is 0 Å². The molecule has 0 aliphatic rings. The Morgan fingerprint density at radius 1 is 1.00 bits per heavy atom. The summed E-state index contributed by atoms with van der Waals surface area (Å²) in [4.78, 5) is 28.1. The van der Waals surface area contributed by atoms with Crippen LogP contribution in [-0.4, -0.2) is 32.3 Å². The number of rotatable bonds is 5. The topological polar surface area (TPSA) is 101 Å². The Labute approximate surface area is 155 Å². The fourth-order valence-electron chi connectivity index (χ4n) is 2.34. The number of amides is 2. The van der Waals surface area contributed by atoms with Gasteiger partial charge in [-0.1, -0.05) is 18.2 Å². The molecular weight excluding hydrogens is 344 g/mol. The van der Waals surface area contributed by atoms with Crippen molar-refractivity contribution in [1.82, 2.24) is 20.2 Å². The second-order valence-corrected chi connectivity index (χ2v) is 5.72. The van der Waals surface area contributed by atoms with Crippen molar-refractivity contribution in [3.8, 4) is 0 Å². The Morgan fingerprint density at radius 2 is 1.78 bits per heavy atom. The van der Waals surface area contributed by atoms with Gasteiger partial charge < -0.3 is 5.32 Å². The van der Waals surface area contributed by atoms with E-state index in [9.17, 15) is 9.59 Å². The van der Waals surface area contributed by atoms with Crippen LogP contribution in [-0.2, 0) is 7.05 Å². The molecule has 27 heavy (non-hydrogen) atoms. The van der Waals surface area contributed by atoms with Gasteiger partial charge in [-0.3, -0.25) is 19.3 Å². The van der Waals surface area contributed by atoms with Crippen LogP contribution in [0.25, 0.3) is 0 Å². The van der Waals surface area contributed by atoms with Crippen LogP contribution in [0.4, 0.5) is 5.69 Å². The van der Waals surface area contributed by atoms with Crippen molar-refractivity contribution in [3.63, 3.8) is 0 Å². The van der Waals surface area contributed by atoms with Gasteiger partial charge in [-0.05, 0) is 42.8 Å². The summed E-state index contributed by atoms with van der Waals surface area (Å²) in [5, 5.41) is 10.9. The molecule has 2 amide bonds. The molecule has 0 aliphatic heterocycles. The maximum atomic E-state index is 12.2. The minimum Gasteiger partial charge on any atom is -0.321 e. The van der Waals surface area contributed by atoms with E-state index in [1.807, 2.05) is 12.1 Å². The summed E-state index contributed by atoms with van der Waals surface area (Å²) in [5.41, 5.74) is 5.33. The van der Waals surface area contributed by atoms with Gasteiger partial charge in [0.15, 0.2) is 0 Å². The van der Waals surface area contributed by atoms with Crippen molar-refractivity contribution < 1.29 is 9.59 Å². The molecule has 0 atom stereocenters. The number of hydrogen-bond acceptors (Lipinski definition) is 5. The number of pyridine rings is 1. The van der Waals surface area contributed by atoms with Gasteiger partial charge in [0.05, 0.1) is 5.71 Å². The average Bonchev–Trinajstić information content (AvgIpc) is 3.13. The zero-order chi connectivity index (χ0) is 19.2. The number of carbonyl (C=O) groups excluding carboxylic acids is 2. The number of aromatic nitrogens is 3. The maximum absolute atomic E-state index is 12.2. The molecule has 0 radical (unpaired) electrons. The zero-order valence-corrected chi connectivity index (χ0v) is 14.9. The Bertz CT molecular complexity index is 977. The minimum atomic E-state index is -0.380. The highest BCUT2D eigenvalue weighted by Crippen LogP contribution is 2.12. The highest BCUT2D eigenvalue weighted by Gasteiger charge is 2.10. The van der Waals surface area contributed by atoms with Crippen molar-refractivity contribution >= 4 is 23.2 Å². The molecule has 2 heterocycles. The first-order valence-corrected chi connectivity index (χ1v) is 8.20. The van der Waals surface area contributed by atoms with Crippen LogP contribution in [0.2, 0.25) is 0 Å². The highest BCUT2D eigenvalue weighted by molar-refractivity contribution is 6.04. The van der Waals surface area contributed by atoms with E-state index < -0.39 is 0 Å². The fraction of sp³-hybridized carbons (Fsp3) is 0.105. The number of nitrogens with one attached hydrogen (secondary N) is 2. The molecule has 0 fully saturated rings. The Balaban J connectivity index is 1.63. The number of benzene rings is 1. The van der Waals surface area contributed by atoms with E-state index in [0.717, 1.165) is 5.56 Å². The normalized spacial score (nSPS) is 11.1. The number of carbonyl (C=O) groups is 2. The van der Waals surface area contributed by atoms with Crippen LogP contribution in [0.3, 0.4) is 0 Å². The van der Waals surface area contributed by atoms with E-state index in [0.29, 0.717) is 22.8 Å². The predicted octanol–water partition coefficient (Wildman–Crippen LogP) is 2.22. The van der Waals surface area contributed by atoms with Crippen LogP contribution in [0, 0.1) is 0 Å². The lowest BCUT2D eigenvalue weighted by Gasteiger charge is -2.07. The quantitative estimate of drug-likeness (QED) is 0.537. The molecule has 3 aromatic rings. The van der Waals surface area contributed by atoms with Gasteiger partial charge in [0, 0.05) is 25.1 Å². The summed E-state index contributed by atoms with van der Waals surface area (Å²) in [6.45, 7) is 1.78. The first-order valence-electron chi connectivity index (χ1n) is 8.20. The van der Waals surface area contributed by atoms with Gasteiger partial charge in [-0.15, -0.1) is 0 Å². The second kappa shape index (κ2) is 8.05. The number of hydrazone groups is 1. The van der Waals surface area contributed by atoms with Crippen LogP contribution in [0.1, 0.15) is 33.5 Å². The Kier molecular flexibility index (Phi) is 5.36. The van der Waals surface area contributed by atoms with Crippen molar-refractivity contribution in [2.24, 2.45) is 12.1 Å². The summed E-state index contributed by atoms with van der Waals surface area (Å²) in [7, 11) is 1.71. The monoisotopic (exact) mass is 362 g/mol. The largest absolute Gasteiger partial charge is 0.321 e. The fourth-order valence-corrected chi connectivity index (χ4v) is 2.34. The van der Waals surface area contributed by atoms with E-state index in [4.69, 9.17) is 0 Å². The first-order chi connectivity index (χ1) is 13.0. The standard InChI is InChI=1S/C19H18N6O2/c1-13(23-24-18(26)16-5-3-4-11-20-16)14-6-8-15(9-7-14)22-19(27)17-10-12-21-25(17)2/h3-12H,1-2H3,(H,22,27)(H,24,26)/b23-13+. The van der Waals surface area contributed by atoms with Crippen LogP contribution in [0.15, 0.2) is 66.0 Å². The Morgan fingerprint density at radius 3 is 2.41 bits per heavy atom. The molecule has 8 nitrogen and oxygen atoms in total. The van der Waals surface area contributed by atoms with E-state index in [-0.39, 0.29) is 11.8 Å². The summed E-state index contributed by atoms with van der Waals surface area (Å²) in [6.07, 6.45) is 3.11. The molecule has 2 N–H and O–H groups in total. The van der Waals surface area contributed by atoms with Gasteiger partial charge in [0.25, 0.3) is 11.8 Å². The summed E-state index contributed by atoms with van der Waals surface area (Å²) >= 11 is 0. The third-order valence-corrected chi connectivity index (χ3v) is 3.84. The molecule has 0 saturated heterocycles. The summed E-state index contributed by atoms with van der Waals surface area (Å²) < 4.78 is 1.50. The zero-order valence-electron chi connectivity index (χ0n) is 14.9. The molecule has 0 spiro atoms. The highest BCUT2D eigenvalue weighted by atomic mass is 16.2. The number of hydrogen-bond donors (Lipinski definition) is 2. The molecule has 8 heteroatoms. The van der Waals surface area contributed by atoms with Crippen molar-refractivity contribution in [1.29, 1.82) is 0 Å². The van der Waals surface area contributed by atoms with Crippen molar-refractivity contribution in [2.45, 2.75) is 6.92 Å². The number of anilines is 1. The lowest BCUT2D eigenvalue weighted by Crippen LogP contribution is -2.20. The molecule has 0 saturated carbocycles.